The molecule has 1 fully saturated rings. The Bertz CT molecular complexity index is 1460. The standard InChI is InChI=1S/C26H29F3N4O4S2/c1-25(2,3)33-39(36,37)21-12-16(17-10-11-30-22(13-17)26(27,28)29)6-9-19(21)20-14-31-23(38-20)15-4-7-18(8-5-15)32-24(34)35/h6,9-15,18,32-33H,4-5,7-8H2,1-3H3,(H,34,35)/t15-,18-. The van der Waals surface area contributed by atoms with Crippen LogP contribution in [0, 0.1) is 0 Å². The van der Waals surface area contributed by atoms with E-state index in [0.717, 1.165) is 30.1 Å². The summed E-state index contributed by atoms with van der Waals surface area (Å²) < 4.78 is 69.4. The second kappa shape index (κ2) is 10.9. The molecule has 0 aliphatic heterocycles. The summed E-state index contributed by atoms with van der Waals surface area (Å²) >= 11 is 1.36. The number of aromatic nitrogens is 2. The lowest BCUT2D eigenvalue weighted by Crippen LogP contribution is -2.40. The maximum absolute atomic E-state index is 13.5. The molecule has 39 heavy (non-hydrogen) atoms. The van der Waals surface area contributed by atoms with Gasteiger partial charge in [-0.15, -0.1) is 11.3 Å². The Morgan fingerprint density at radius 2 is 1.69 bits per heavy atom. The van der Waals surface area contributed by atoms with E-state index in [-0.39, 0.29) is 22.4 Å². The van der Waals surface area contributed by atoms with Gasteiger partial charge in [-0.1, -0.05) is 12.1 Å². The number of rotatable bonds is 6. The zero-order chi connectivity index (χ0) is 28.6. The third kappa shape index (κ3) is 7.14. The number of hydrogen-bond donors (Lipinski definition) is 3. The van der Waals surface area contributed by atoms with Gasteiger partial charge in [0, 0.05) is 35.5 Å². The van der Waals surface area contributed by atoms with Crippen LogP contribution in [-0.2, 0) is 16.2 Å². The Balaban J connectivity index is 1.71. The van der Waals surface area contributed by atoms with Gasteiger partial charge in [-0.05, 0) is 75.8 Å². The smallest absolute Gasteiger partial charge is 0.433 e. The van der Waals surface area contributed by atoms with E-state index in [1.165, 1.54) is 23.5 Å². The number of alkyl halides is 3. The number of benzene rings is 1. The molecule has 8 nitrogen and oxygen atoms in total. The van der Waals surface area contributed by atoms with Gasteiger partial charge in [-0.2, -0.15) is 13.2 Å². The molecule has 3 aromatic rings. The van der Waals surface area contributed by atoms with Crippen LogP contribution in [0.5, 0.6) is 0 Å². The quantitative estimate of drug-likeness (QED) is 0.315. The predicted octanol–water partition coefficient (Wildman–Crippen LogP) is 6.26. The molecule has 0 unspecified atom stereocenters. The van der Waals surface area contributed by atoms with Crippen LogP contribution in [0.2, 0.25) is 0 Å². The number of nitrogens with one attached hydrogen (secondary N) is 2. The molecule has 3 N–H and O–H groups in total. The summed E-state index contributed by atoms with van der Waals surface area (Å²) in [4.78, 5) is 19.4. The van der Waals surface area contributed by atoms with Crippen molar-refractivity contribution in [3.8, 4) is 21.6 Å². The first-order valence-electron chi connectivity index (χ1n) is 12.3. The number of thiazole rings is 1. The number of amides is 1. The maximum Gasteiger partial charge on any atom is 0.433 e. The van der Waals surface area contributed by atoms with E-state index in [1.54, 1.807) is 39.1 Å². The topological polar surface area (TPSA) is 121 Å². The molecule has 1 aromatic carbocycles. The lowest BCUT2D eigenvalue weighted by atomic mass is 9.86. The SMILES string of the molecule is CC(C)(C)NS(=O)(=O)c1cc(-c2ccnc(C(F)(F)F)c2)ccc1-c1cnc([C@H]2CC[C@H](NC(=O)O)CC2)s1. The largest absolute Gasteiger partial charge is 0.465 e. The fraction of sp³-hybridized carbons (Fsp3) is 0.423. The molecule has 0 spiro atoms. The molecule has 13 heteroatoms. The van der Waals surface area contributed by atoms with Gasteiger partial charge in [0.15, 0.2) is 0 Å². The molecule has 0 atom stereocenters. The van der Waals surface area contributed by atoms with Crippen molar-refractivity contribution in [2.75, 3.05) is 0 Å². The first kappa shape index (κ1) is 29.0. The van der Waals surface area contributed by atoms with Gasteiger partial charge >= 0.3 is 12.3 Å². The van der Waals surface area contributed by atoms with Gasteiger partial charge in [-0.3, -0.25) is 4.98 Å². The van der Waals surface area contributed by atoms with Crippen LogP contribution in [-0.4, -0.2) is 41.2 Å². The number of carbonyl (C=O) groups is 1. The van der Waals surface area contributed by atoms with Crippen LogP contribution < -0.4 is 10.0 Å². The van der Waals surface area contributed by atoms with Crippen molar-refractivity contribution in [2.45, 2.75) is 75.0 Å². The second-order valence-electron chi connectivity index (χ2n) is 10.6. The molecule has 0 saturated heterocycles. The Hall–Kier alpha value is -3.03. The summed E-state index contributed by atoms with van der Waals surface area (Å²) in [6.07, 6.45) is -0.166. The third-order valence-corrected chi connectivity index (χ3v) is 9.28. The summed E-state index contributed by atoms with van der Waals surface area (Å²) in [5, 5.41) is 12.3. The van der Waals surface area contributed by atoms with Crippen molar-refractivity contribution in [3.63, 3.8) is 0 Å². The van der Waals surface area contributed by atoms with Gasteiger partial charge in [0.05, 0.1) is 14.8 Å². The van der Waals surface area contributed by atoms with Gasteiger partial charge < -0.3 is 10.4 Å². The van der Waals surface area contributed by atoms with Crippen LogP contribution in [0.3, 0.4) is 0 Å². The minimum atomic E-state index is -4.64. The van der Waals surface area contributed by atoms with Gasteiger partial charge in [0.1, 0.15) is 5.69 Å². The molecule has 1 saturated carbocycles. The second-order valence-corrected chi connectivity index (χ2v) is 13.3. The summed E-state index contributed by atoms with van der Waals surface area (Å²) in [6, 6.07) is 6.74. The Morgan fingerprint density at radius 3 is 2.31 bits per heavy atom. The molecule has 1 aliphatic carbocycles. The molecule has 1 aliphatic rings. The highest BCUT2D eigenvalue weighted by Crippen LogP contribution is 2.40. The van der Waals surface area contributed by atoms with Crippen molar-refractivity contribution in [1.29, 1.82) is 0 Å². The summed E-state index contributed by atoms with van der Waals surface area (Å²) in [7, 11) is -4.07. The summed E-state index contributed by atoms with van der Waals surface area (Å²) in [5.74, 6) is 0.125. The highest BCUT2D eigenvalue weighted by molar-refractivity contribution is 7.89. The Kier molecular flexibility index (Phi) is 8.06. The lowest BCUT2D eigenvalue weighted by molar-refractivity contribution is -0.141. The van der Waals surface area contributed by atoms with Crippen LogP contribution >= 0.6 is 11.3 Å². The molecule has 210 valence electrons. The molecule has 0 bridgehead atoms. The highest BCUT2D eigenvalue weighted by atomic mass is 32.2. The number of carboxylic acid groups (broad SMARTS) is 1. The van der Waals surface area contributed by atoms with E-state index in [4.69, 9.17) is 5.11 Å². The van der Waals surface area contributed by atoms with Crippen molar-refractivity contribution < 1.29 is 31.5 Å². The van der Waals surface area contributed by atoms with Gasteiger partial charge in [-0.25, -0.2) is 22.9 Å². The summed E-state index contributed by atoms with van der Waals surface area (Å²) in [5.41, 5.74) is -0.983. The fourth-order valence-electron chi connectivity index (χ4n) is 4.61. The normalized spacial score (nSPS) is 18.6. The minimum Gasteiger partial charge on any atom is -0.465 e. The van der Waals surface area contributed by atoms with Crippen LogP contribution in [0.4, 0.5) is 18.0 Å². The molecular formula is C26H29F3N4O4S2. The van der Waals surface area contributed by atoms with Gasteiger partial charge in [0.2, 0.25) is 10.0 Å². The summed E-state index contributed by atoms with van der Waals surface area (Å²) in [6.45, 7) is 5.10. The Morgan fingerprint density at radius 1 is 1.03 bits per heavy atom. The molecule has 2 aromatic heterocycles. The van der Waals surface area contributed by atoms with Crippen molar-refractivity contribution in [1.82, 2.24) is 20.0 Å². The number of pyridine rings is 1. The molecule has 2 heterocycles. The number of halogens is 3. The molecule has 1 amide bonds. The number of nitrogens with zero attached hydrogens (tertiary/aromatic N) is 2. The number of hydrogen-bond acceptors (Lipinski definition) is 6. The highest BCUT2D eigenvalue weighted by Gasteiger charge is 2.33. The van der Waals surface area contributed by atoms with Crippen LogP contribution in [0.1, 0.15) is 63.1 Å². The molecule has 4 rings (SSSR count). The van der Waals surface area contributed by atoms with Crippen molar-refractivity contribution in [3.05, 3.63) is 53.4 Å². The van der Waals surface area contributed by atoms with E-state index in [1.807, 2.05) is 0 Å². The zero-order valence-electron chi connectivity index (χ0n) is 21.5. The van der Waals surface area contributed by atoms with E-state index in [2.05, 4.69) is 20.0 Å². The first-order chi connectivity index (χ1) is 18.1. The average molecular weight is 583 g/mol. The van der Waals surface area contributed by atoms with E-state index in [9.17, 15) is 26.4 Å². The third-order valence-electron chi connectivity index (χ3n) is 6.29. The van der Waals surface area contributed by atoms with Crippen molar-refractivity contribution >= 4 is 27.5 Å². The first-order valence-corrected chi connectivity index (χ1v) is 14.6. The van der Waals surface area contributed by atoms with E-state index >= 15 is 0 Å². The molecule has 0 radical (unpaired) electrons. The zero-order valence-corrected chi connectivity index (χ0v) is 23.2. The van der Waals surface area contributed by atoms with Crippen molar-refractivity contribution in [2.24, 2.45) is 0 Å². The average Bonchev–Trinajstić information content (AvgIpc) is 3.32. The monoisotopic (exact) mass is 582 g/mol. The lowest BCUT2D eigenvalue weighted by Gasteiger charge is -2.27. The maximum atomic E-state index is 13.5. The Labute approximate surface area is 228 Å². The predicted molar refractivity (Wildman–Crippen MR) is 142 cm³/mol. The number of sulfonamides is 1. The van der Waals surface area contributed by atoms with E-state index < -0.39 is 33.5 Å². The fourth-order valence-corrected chi connectivity index (χ4v) is 7.47. The minimum absolute atomic E-state index is 0.0649. The van der Waals surface area contributed by atoms with E-state index in [0.29, 0.717) is 28.8 Å². The van der Waals surface area contributed by atoms with Gasteiger partial charge in [0.25, 0.3) is 0 Å². The molecular weight excluding hydrogens is 553 g/mol. The van der Waals surface area contributed by atoms with Crippen LogP contribution in [0.25, 0.3) is 21.6 Å². The van der Waals surface area contributed by atoms with Crippen LogP contribution in [0.15, 0.2) is 47.6 Å².